The first-order valence-electron chi connectivity index (χ1n) is 9.32. The van der Waals surface area contributed by atoms with Crippen molar-refractivity contribution in [2.24, 2.45) is 0 Å². The molecule has 1 fully saturated rings. The van der Waals surface area contributed by atoms with E-state index in [9.17, 15) is 9.59 Å². The second kappa shape index (κ2) is 8.19. The van der Waals surface area contributed by atoms with Crippen LogP contribution in [0.3, 0.4) is 0 Å². The van der Waals surface area contributed by atoms with E-state index in [2.05, 4.69) is 10.2 Å². The van der Waals surface area contributed by atoms with Gasteiger partial charge in [0, 0.05) is 18.0 Å². The van der Waals surface area contributed by atoms with Crippen molar-refractivity contribution in [3.63, 3.8) is 0 Å². The minimum atomic E-state index is -0.207. The molecule has 7 heteroatoms. The van der Waals surface area contributed by atoms with Gasteiger partial charge in [0.2, 0.25) is 5.91 Å². The molecule has 6 nitrogen and oxygen atoms in total. The minimum Gasteiger partial charge on any atom is -0.454 e. The molecule has 2 aromatic rings. The van der Waals surface area contributed by atoms with E-state index in [1.54, 1.807) is 28.8 Å². The summed E-state index contributed by atoms with van der Waals surface area (Å²) in [6, 6.07) is 11.3. The monoisotopic (exact) mass is 385 g/mol. The van der Waals surface area contributed by atoms with Gasteiger partial charge in [-0.25, -0.2) is 0 Å². The highest BCUT2D eigenvalue weighted by Crippen LogP contribution is 2.35. The Morgan fingerprint density at radius 2 is 1.96 bits per heavy atom. The molecule has 27 heavy (non-hydrogen) atoms. The molecule has 1 N–H and O–H groups in total. The van der Waals surface area contributed by atoms with Crippen molar-refractivity contribution in [2.45, 2.75) is 24.3 Å². The van der Waals surface area contributed by atoms with Crippen molar-refractivity contribution in [2.75, 3.05) is 36.8 Å². The third-order valence-corrected chi connectivity index (χ3v) is 5.97. The van der Waals surface area contributed by atoms with Crippen LogP contribution in [0.1, 0.15) is 29.2 Å². The number of hydrogen-bond acceptors (Lipinski definition) is 5. The first-order valence-corrected chi connectivity index (χ1v) is 10.3. The van der Waals surface area contributed by atoms with Crippen molar-refractivity contribution in [1.82, 2.24) is 10.2 Å². The number of rotatable bonds is 6. The van der Waals surface area contributed by atoms with E-state index >= 15 is 0 Å². The molecule has 0 radical (unpaired) electrons. The fraction of sp³-hybridized carbons (Fsp3) is 0.400. The van der Waals surface area contributed by atoms with Gasteiger partial charge < -0.3 is 19.5 Å². The molecule has 0 unspecified atom stereocenters. The van der Waals surface area contributed by atoms with Crippen molar-refractivity contribution in [3.8, 4) is 0 Å². The average molecular weight is 385 g/mol. The summed E-state index contributed by atoms with van der Waals surface area (Å²) in [4.78, 5) is 29.8. The van der Waals surface area contributed by atoms with Crippen LogP contribution in [-0.2, 0) is 11.3 Å². The highest BCUT2D eigenvalue weighted by molar-refractivity contribution is 8.00. The number of anilines is 1. The standard InChI is InChI=1S/C20H23N3O3S/c24-19-14-27-18-6-2-1-5-16(18)23(19)13-15-7-8-17(26-15)20(25)21-9-12-22-10-3-4-11-22/h1-2,5-8H,3-4,9-14H2,(H,21,25). The Hall–Kier alpha value is -2.25. The maximum absolute atomic E-state index is 12.3. The van der Waals surface area contributed by atoms with Gasteiger partial charge in [-0.1, -0.05) is 12.1 Å². The number of nitrogens with one attached hydrogen (secondary N) is 1. The third kappa shape index (κ3) is 4.20. The van der Waals surface area contributed by atoms with Gasteiger partial charge in [-0.15, -0.1) is 11.8 Å². The van der Waals surface area contributed by atoms with E-state index in [4.69, 9.17) is 4.42 Å². The number of amides is 2. The lowest BCUT2D eigenvalue weighted by atomic mass is 10.2. The van der Waals surface area contributed by atoms with Gasteiger partial charge in [0.05, 0.1) is 18.0 Å². The van der Waals surface area contributed by atoms with Crippen LogP contribution in [-0.4, -0.2) is 48.6 Å². The van der Waals surface area contributed by atoms with Crippen molar-refractivity contribution >= 4 is 29.3 Å². The van der Waals surface area contributed by atoms with Gasteiger partial charge in [-0.2, -0.15) is 0 Å². The fourth-order valence-electron chi connectivity index (χ4n) is 3.49. The lowest BCUT2D eigenvalue weighted by molar-refractivity contribution is -0.116. The Morgan fingerprint density at radius 3 is 2.81 bits per heavy atom. The third-order valence-electron chi connectivity index (χ3n) is 4.92. The van der Waals surface area contributed by atoms with Crippen molar-refractivity contribution in [3.05, 3.63) is 47.9 Å². The zero-order chi connectivity index (χ0) is 18.6. The maximum atomic E-state index is 12.3. The van der Waals surface area contributed by atoms with E-state index in [0.29, 0.717) is 30.4 Å². The number of benzene rings is 1. The number of furan rings is 1. The van der Waals surface area contributed by atoms with Crippen LogP contribution in [0.15, 0.2) is 45.7 Å². The number of likely N-dealkylation sites (tertiary alicyclic amines) is 1. The maximum Gasteiger partial charge on any atom is 0.287 e. The molecular weight excluding hydrogens is 362 g/mol. The Bertz CT molecular complexity index is 829. The summed E-state index contributed by atoms with van der Waals surface area (Å²) in [6.07, 6.45) is 2.48. The quantitative estimate of drug-likeness (QED) is 0.828. The first kappa shape index (κ1) is 18.1. The number of nitrogens with zero attached hydrogens (tertiary/aromatic N) is 2. The highest BCUT2D eigenvalue weighted by atomic mass is 32.2. The number of fused-ring (bicyclic) bond motifs is 1. The second-order valence-corrected chi connectivity index (χ2v) is 7.82. The van der Waals surface area contributed by atoms with Gasteiger partial charge >= 0.3 is 0 Å². The van der Waals surface area contributed by atoms with Crippen LogP contribution < -0.4 is 10.2 Å². The lowest BCUT2D eigenvalue weighted by Gasteiger charge is -2.28. The predicted octanol–water partition coefficient (Wildman–Crippen LogP) is 2.74. The molecule has 142 valence electrons. The summed E-state index contributed by atoms with van der Waals surface area (Å²) in [6.45, 7) is 4.05. The molecule has 0 saturated carbocycles. The normalized spacial score (nSPS) is 17.2. The number of carbonyl (C=O) groups is 2. The van der Waals surface area contributed by atoms with Crippen LogP contribution >= 0.6 is 11.8 Å². The average Bonchev–Trinajstić information content (AvgIpc) is 3.36. The summed E-state index contributed by atoms with van der Waals surface area (Å²) < 4.78 is 5.71. The Labute approximate surface area is 162 Å². The molecule has 0 spiro atoms. The summed E-state index contributed by atoms with van der Waals surface area (Å²) in [7, 11) is 0. The highest BCUT2D eigenvalue weighted by Gasteiger charge is 2.25. The fourth-order valence-corrected chi connectivity index (χ4v) is 4.42. The second-order valence-electron chi connectivity index (χ2n) is 6.81. The summed E-state index contributed by atoms with van der Waals surface area (Å²) in [5.41, 5.74) is 0.895. The Morgan fingerprint density at radius 1 is 1.15 bits per heavy atom. The van der Waals surface area contributed by atoms with Gasteiger partial charge in [-0.3, -0.25) is 9.59 Å². The summed E-state index contributed by atoms with van der Waals surface area (Å²) in [5.74, 6) is 1.16. The molecule has 3 heterocycles. The zero-order valence-electron chi connectivity index (χ0n) is 15.1. The van der Waals surface area contributed by atoms with Crippen LogP contribution in [0.4, 0.5) is 5.69 Å². The number of para-hydroxylation sites is 1. The van der Waals surface area contributed by atoms with Crippen LogP contribution in [0, 0.1) is 0 Å². The molecular formula is C20H23N3O3S. The van der Waals surface area contributed by atoms with Gasteiger partial charge in [0.25, 0.3) is 5.91 Å². The number of thioether (sulfide) groups is 1. The molecule has 0 atom stereocenters. The number of hydrogen-bond donors (Lipinski definition) is 1. The Kier molecular flexibility index (Phi) is 5.50. The molecule has 2 aliphatic rings. The van der Waals surface area contributed by atoms with Crippen LogP contribution in [0.25, 0.3) is 0 Å². The SMILES string of the molecule is O=C(NCCN1CCCC1)c1ccc(CN2C(=O)CSc3ccccc32)o1. The smallest absolute Gasteiger partial charge is 0.287 e. The lowest BCUT2D eigenvalue weighted by Crippen LogP contribution is -2.34. The van der Waals surface area contributed by atoms with Gasteiger partial charge in [0.15, 0.2) is 5.76 Å². The largest absolute Gasteiger partial charge is 0.454 e. The molecule has 0 bridgehead atoms. The van der Waals surface area contributed by atoms with E-state index in [1.807, 2.05) is 24.3 Å². The molecule has 4 rings (SSSR count). The van der Waals surface area contributed by atoms with E-state index < -0.39 is 0 Å². The Balaban J connectivity index is 1.36. The van der Waals surface area contributed by atoms with Crippen LogP contribution in [0.2, 0.25) is 0 Å². The molecule has 1 aromatic heterocycles. The van der Waals surface area contributed by atoms with E-state index in [-0.39, 0.29) is 11.8 Å². The summed E-state index contributed by atoms with van der Waals surface area (Å²) >= 11 is 1.55. The zero-order valence-corrected chi connectivity index (χ0v) is 16.0. The van der Waals surface area contributed by atoms with E-state index in [0.717, 1.165) is 30.2 Å². The van der Waals surface area contributed by atoms with Crippen molar-refractivity contribution < 1.29 is 14.0 Å². The van der Waals surface area contributed by atoms with Gasteiger partial charge in [-0.05, 0) is 50.2 Å². The molecule has 1 aromatic carbocycles. The van der Waals surface area contributed by atoms with E-state index in [1.165, 1.54) is 12.8 Å². The molecule has 0 aliphatic carbocycles. The summed E-state index contributed by atoms with van der Waals surface area (Å²) in [5, 5.41) is 2.91. The topological polar surface area (TPSA) is 65.8 Å². The predicted molar refractivity (Wildman–Crippen MR) is 105 cm³/mol. The van der Waals surface area contributed by atoms with Crippen molar-refractivity contribution in [1.29, 1.82) is 0 Å². The molecule has 2 aliphatic heterocycles. The number of carbonyl (C=O) groups excluding carboxylic acids is 2. The van der Waals surface area contributed by atoms with Crippen LogP contribution in [0.5, 0.6) is 0 Å². The first-order chi connectivity index (χ1) is 13.2. The minimum absolute atomic E-state index is 0.0479. The molecule has 1 saturated heterocycles. The van der Waals surface area contributed by atoms with Gasteiger partial charge in [0.1, 0.15) is 5.76 Å². The molecule has 2 amide bonds.